The molecule has 4 nitrogen and oxygen atoms in total. The van der Waals surface area contributed by atoms with Crippen LogP contribution >= 0.6 is 0 Å². The Bertz CT molecular complexity index is 380. The fourth-order valence-electron chi connectivity index (χ4n) is 1.06. The molecule has 0 aromatic heterocycles. The minimum atomic E-state index is -1.56. The van der Waals surface area contributed by atoms with Crippen LogP contribution in [0, 0.1) is 22.7 Å². The molecule has 0 bridgehead atoms. The molecule has 0 radical (unpaired) electrons. The van der Waals surface area contributed by atoms with Crippen molar-refractivity contribution in [2.75, 3.05) is 0 Å². The summed E-state index contributed by atoms with van der Waals surface area (Å²) < 4.78 is 0. The van der Waals surface area contributed by atoms with Crippen molar-refractivity contribution >= 4 is 0 Å². The van der Waals surface area contributed by atoms with Crippen LogP contribution in [0.4, 0.5) is 0 Å². The maximum absolute atomic E-state index is 8.74. The normalized spacial score (nSPS) is 10.3. The largest absolute Gasteiger partial charge is 0.326 e. The number of nitriles is 2. The first-order chi connectivity index (χ1) is 6.66. The molecule has 0 heterocycles. The van der Waals surface area contributed by atoms with Gasteiger partial charge in [0.2, 0.25) is 5.54 Å². The summed E-state index contributed by atoms with van der Waals surface area (Å²) in [5, 5.41) is 17.5. The zero-order valence-corrected chi connectivity index (χ0v) is 7.57. The topological polar surface area (TPSA) is 99.6 Å². The van der Waals surface area contributed by atoms with Gasteiger partial charge >= 0.3 is 0 Å². The first-order valence-corrected chi connectivity index (χ1v) is 4.07. The van der Waals surface area contributed by atoms with Crippen molar-refractivity contribution in [2.24, 2.45) is 11.5 Å². The lowest BCUT2D eigenvalue weighted by molar-refractivity contribution is 0.745. The lowest BCUT2D eigenvalue weighted by Gasteiger charge is -2.12. The molecule has 0 saturated carbocycles. The van der Waals surface area contributed by atoms with E-state index in [0.29, 0.717) is 12.1 Å². The highest BCUT2D eigenvalue weighted by Gasteiger charge is 2.26. The number of benzene rings is 1. The lowest BCUT2D eigenvalue weighted by Crippen LogP contribution is -2.32. The molecule has 1 aromatic carbocycles. The van der Waals surface area contributed by atoms with Gasteiger partial charge in [0.1, 0.15) is 12.1 Å². The quantitative estimate of drug-likeness (QED) is 0.695. The summed E-state index contributed by atoms with van der Waals surface area (Å²) in [5.74, 6) is 0. The van der Waals surface area contributed by atoms with Crippen LogP contribution in [0.3, 0.4) is 0 Å². The van der Waals surface area contributed by atoms with E-state index in [1.54, 1.807) is 36.4 Å². The Morgan fingerprint density at radius 2 is 1.64 bits per heavy atom. The van der Waals surface area contributed by atoms with Crippen LogP contribution in [-0.4, -0.2) is 0 Å². The third-order valence-corrected chi connectivity index (χ3v) is 2.00. The molecule has 0 atom stereocenters. The second-order valence-electron chi connectivity index (χ2n) is 2.93. The third kappa shape index (κ3) is 1.72. The number of hydrogen-bond acceptors (Lipinski definition) is 4. The molecule has 0 aliphatic rings. The van der Waals surface area contributed by atoms with Crippen LogP contribution < -0.4 is 11.5 Å². The van der Waals surface area contributed by atoms with Crippen LogP contribution in [0.1, 0.15) is 11.1 Å². The predicted octanol–water partition coefficient (Wildman–Crippen LogP) is 0.346. The highest BCUT2D eigenvalue weighted by molar-refractivity contribution is 5.39. The van der Waals surface area contributed by atoms with Crippen molar-refractivity contribution in [1.82, 2.24) is 0 Å². The zero-order valence-electron chi connectivity index (χ0n) is 7.57. The minimum Gasteiger partial charge on any atom is -0.326 e. The smallest absolute Gasteiger partial charge is 0.217 e. The molecule has 14 heavy (non-hydrogen) atoms. The van der Waals surface area contributed by atoms with E-state index in [2.05, 4.69) is 0 Å². The van der Waals surface area contributed by atoms with Crippen LogP contribution in [0.2, 0.25) is 0 Å². The van der Waals surface area contributed by atoms with Gasteiger partial charge in [0.05, 0.1) is 0 Å². The van der Waals surface area contributed by atoms with Gasteiger partial charge in [0, 0.05) is 12.1 Å². The molecule has 1 aromatic rings. The number of nitrogens with zero attached hydrogens (tertiary/aromatic N) is 2. The van der Waals surface area contributed by atoms with Crippen LogP contribution in [0.15, 0.2) is 24.3 Å². The number of hydrogen-bond donors (Lipinski definition) is 2. The average molecular weight is 186 g/mol. The second kappa shape index (κ2) is 3.89. The van der Waals surface area contributed by atoms with Crippen LogP contribution in [0.25, 0.3) is 0 Å². The van der Waals surface area contributed by atoms with Crippen LogP contribution in [-0.2, 0) is 12.1 Å². The first kappa shape index (κ1) is 10.2. The molecule has 0 spiro atoms. The third-order valence-electron chi connectivity index (χ3n) is 2.00. The van der Waals surface area contributed by atoms with Gasteiger partial charge in [0.25, 0.3) is 0 Å². The second-order valence-corrected chi connectivity index (χ2v) is 2.93. The van der Waals surface area contributed by atoms with Gasteiger partial charge in [-0.15, -0.1) is 0 Å². The van der Waals surface area contributed by atoms with Crippen molar-refractivity contribution in [2.45, 2.75) is 12.1 Å². The summed E-state index contributed by atoms with van der Waals surface area (Å²) >= 11 is 0. The van der Waals surface area contributed by atoms with Gasteiger partial charge in [-0.2, -0.15) is 10.5 Å². The van der Waals surface area contributed by atoms with Crippen molar-refractivity contribution in [1.29, 1.82) is 10.5 Å². The van der Waals surface area contributed by atoms with Crippen LogP contribution in [0.5, 0.6) is 0 Å². The zero-order chi connectivity index (χ0) is 10.6. The molecular weight excluding hydrogens is 176 g/mol. The highest BCUT2D eigenvalue weighted by Crippen LogP contribution is 2.16. The van der Waals surface area contributed by atoms with Gasteiger partial charge in [-0.05, 0) is 5.56 Å². The van der Waals surface area contributed by atoms with E-state index in [1.165, 1.54) is 0 Å². The van der Waals surface area contributed by atoms with E-state index < -0.39 is 5.54 Å². The summed E-state index contributed by atoms with van der Waals surface area (Å²) in [6.45, 7) is 0.428. The van der Waals surface area contributed by atoms with E-state index in [-0.39, 0.29) is 0 Å². The Labute approximate surface area is 82.4 Å². The molecule has 0 aliphatic carbocycles. The molecule has 0 unspecified atom stereocenters. The lowest BCUT2D eigenvalue weighted by atomic mass is 9.93. The molecule has 4 N–H and O–H groups in total. The number of nitrogens with two attached hydrogens (primary N) is 2. The van der Waals surface area contributed by atoms with Gasteiger partial charge in [-0.25, -0.2) is 0 Å². The Hall–Kier alpha value is -1.88. The van der Waals surface area contributed by atoms with E-state index in [9.17, 15) is 0 Å². The SMILES string of the molecule is N#CC(N)(C#N)c1ccc(CN)cc1. The summed E-state index contributed by atoms with van der Waals surface area (Å²) in [6.07, 6.45) is 0. The van der Waals surface area contributed by atoms with Crippen molar-refractivity contribution in [3.8, 4) is 12.1 Å². The monoisotopic (exact) mass is 186 g/mol. The fourth-order valence-corrected chi connectivity index (χ4v) is 1.06. The van der Waals surface area contributed by atoms with Gasteiger partial charge < -0.3 is 5.73 Å². The Balaban J connectivity index is 3.11. The fraction of sp³-hybridized carbons (Fsp3) is 0.200. The van der Waals surface area contributed by atoms with Gasteiger partial charge in [0.15, 0.2) is 0 Å². The van der Waals surface area contributed by atoms with Gasteiger partial charge in [-0.1, -0.05) is 24.3 Å². The molecule has 1 rings (SSSR count). The van der Waals surface area contributed by atoms with Crippen molar-refractivity contribution in [3.05, 3.63) is 35.4 Å². The number of rotatable bonds is 2. The average Bonchev–Trinajstić information content (AvgIpc) is 2.28. The summed E-state index contributed by atoms with van der Waals surface area (Å²) in [5.41, 5.74) is 10.8. The standard InChI is InChI=1S/C10H10N4/c11-5-8-1-3-9(4-2-8)10(14,6-12)7-13/h1-4H,5,11,14H2. The molecule has 0 saturated heterocycles. The Morgan fingerprint density at radius 3 is 2.00 bits per heavy atom. The summed E-state index contributed by atoms with van der Waals surface area (Å²) in [4.78, 5) is 0. The minimum absolute atomic E-state index is 0.428. The summed E-state index contributed by atoms with van der Waals surface area (Å²) in [7, 11) is 0. The summed E-state index contributed by atoms with van der Waals surface area (Å²) in [6, 6.07) is 10.3. The molecule has 4 heteroatoms. The molecule has 0 fully saturated rings. The first-order valence-electron chi connectivity index (χ1n) is 4.07. The highest BCUT2D eigenvalue weighted by atomic mass is 14.7. The van der Waals surface area contributed by atoms with E-state index >= 15 is 0 Å². The van der Waals surface area contributed by atoms with Crippen molar-refractivity contribution < 1.29 is 0 Å². The molecule has 70 valence electrons. The molecule has 0 aliphatic heterocycles. The van der Waals surface area contributed by atoms with E-state index in [0.717, 1.165) is 5.56 Å². The van der Waals surface area contributed by atoms with E-state index in [4.69, 9.17) is 22.0 Å². The van der Waals surface area contributed by atoms with Crippen molar-refractivity contribution in [3.63, 3.8) is 0 Å². The van der Waals surface area contributed by atoms with Gasteiger partial charge in [-0.3, -0.25) is 5.73 Å². The Kier molecular flexibility index (Phi) is 2.83. The van der Waals surface area contributed by atoms with E-state index in [1.807, 2.05) is 0 Å². The maximum atomic E-state index is 8.74. The molecule has 0 amide bonds. The predicted molar refractivity (Wildman–Crippen MR) is 51.4 cm³/mol. The molecular formula is C10H10N4. The maximum Gasteiger partial charge on any atom is 0.217 e. The Morgan fingerprint density at radius 1 is 1.14 bits per heavy atom.